The molecule has 3 aromatic rings. The first-order chi connectivity index (χ1) is 14.0. The quantitative estimate of drug-likeness (QED) is 0.714. The van der Waals surface area contributed by atoms with E-state index in [2.05, 4.69) is 22.2 Å². The van der Waals surface area contributed by atoms with Gasteiger partial charge in [0.25, 0.3) is 5.91 Å². The van der Waals surface area contributed by atoms with E-state index in [-0.39, 0.29) is 17.5 Å². The van der Waals surface area contributed by atoms with Crippen LogP contribution < -0.4 is 10.2 Å². The molecule has 4 rings (SSSR count). The molecule has 6 heteroatoms. The van der Waals surface area contributed by atoms with Gasteiger partial charge in [0.1, 0.15) is 11.6 Å². The minimum atomic E-state index is -0.385. The summed E-state index contributed by atoms with van der Waals surface area (Å²) in [5.41, 5.74) is 3.34. The number of rotatable bonds is 4. The number of anilines is 2. The Hall–Kier alpha value is -3.12. The van der Waals surface area contributed by atoms with Crippen molar-refractivity contribution in [3.8, 4) is 11.3 Å². The van der Waals surface area contributed by atoms with Crippen LogP contribution in [0.1, 0.15) is 16.1 Å². The summed E-state index contributed by atoms with van der Waals surface area (Å²) in [6.45, 7) is 6.12. The zero-order valence-corrected chi connectivity index (χ0v) is 16.6. The number of nitrogens with one attached hydrogen (secondary N) is 1. The van der Waals surface area contributed by atoms with Crippen molar-refractivity contribution in [3.63, 3.8) is 0 Å². The second-order valence-corrected chi connectivity index (χ2v) is 7.39. The number of nitrogens with zero attached hydrogens (tertiary/aromatic N) is 2. The van der Waals surface area contributed by atoms with Crippen molar-refractivity contribution in [2.45, 2.75) is 6.92 Å². The van der Waals surface area contributed by atoms with E-state index in [0.717, 1.165) is 31.7 Å². The Morgan fingerprint density at radius 3 is 2.52 bits per heavy atom. The molecule has 2 heterocycles. The van der Waals surface area contributed by atoms with E-state index in [4.69, 9.17) is 4.42 Å². The van der Waals surface area contributed by atoms with Gasteiger partial charge in [0.15, 0.2) is 5.76 Å². The van der Waals surface area contributed by atoms with Gasteiger partial charge >= 0.3 is 0 Å². The van der Waals surface area contributed by atoms with Gasteiger partial charge in [-0.2, -0.15) is 0 Å². The van der Waals surface area contributed by atoms with Crippen LogP contribution in [0.2, 0.25) is 0 Å². The third kappa shape index (κ3) is 4.17. The van der Waals surface area contributed by atoms with Crippen molar-refractivity contribution in [3.05, 3.63) is 71.7 Å². The lowest BCUT2D eigenvalue weighted by atomic mass is 10.1. The van der Waals surface area contributed by atoms with Gasteiger partial charge in [0.05, 0.1) is 5.56 Å². The summed E-state index contributed by atoms with van der Waals surface area (Å²) < 4.78 is 19.5. The molecule has 150 valence electrons. The largest absolute Gasteiger partial charge is 0.451 e. The predicted molar refractivity (Wildman–Crippen MR) is 113 cm³/mol. The van der Waals surface area contributed by atoms with Gasteiger partial charge in [-0.15, -0.1) is 0 Å². The highest BCUT2D eigenvalue weighted by Crippen LogP contribution is 2.27. The molecule has 0 saturated carbocycles. The molecule has 1 aromatic heterocycles. The van der Waals surface area contributed by atoms with E-state index >= 15 is 0 Å². The normalized spacial score (nSPS) is 14.8. The number of hydrogen-bond acceptors (Lipinski definition) is 4. The van der Waals surface area contributed by atoms with Crippen LogP contribution in [0.4, 0.5) is 15.8 Å². The Morgan fingerprint density at radius 1 is 1.03 bits per heavy atom. The predicted octanol–water partition coefficient (Wildman–Crippen LogP) is 4.40. The first-order valence-electron chi connectivity index (χ1n) is 9.71. The van der Waals surface area contributed by atoms with E-state index in [1.54, 1.807) is 30.3 Å². The summed E-state index contributed by atoms with van der Waals surface area (Å²) in [7, 11) is 2.13. The highest BCUT2D eigenvalue weighted by atomic mass is 19.1. The first kappa shape index (κ1) is 19.2. The molecule has 5 nitrogen and oxygen atoms in total. The van der Waals surface area contributed by atoms with Crippen LogP contribution in [0, 0.1) is 12.7 Å². The number of likely N-dealkylation sites (N-methyl/N-ethyl adjacent to an activating group) is 1. The van der Waals surface area contributed by atoms with E-state index in [0.29, 0.717) is 17.0 Å². The fourth-order valence-electron chi connectivity index (χ4n) is 3.59. The lowest BCUT2D eigenvalue weighted by molar-refractivity contribution is 0.0997. The molecule has 2 aromatic carbocycles. The van der Waals surface area contributed by atoms with Gasteiger partial charge in [-0.05, 0) is 62.0 Å². The average molecular weight is 393 g/mol. The van der Waals surface area contributed by atoms with Crippen LogP contribution >= 0.6 is 0 Å². The molecule has 0 atom stereocenters. The van der Waals surface area contributed by atoms with Crippen LogP contribution in [0.25, 0.3) is 11.3 Å². The summed E-state index contributed by atoms with van der Waals surface area (Å²) in [6.07, 6.45) is 0. The SMILES string of the molecule is Cc1cc(NC(=O)c2ccc(-c3ccccc3F)o2)ccc1N1CCN(C)CC1. The molecular formula is C23H24FN3O2. The van der Waals surface area contributed by atoms with E-state index in [9.17, 15) is 9.18 Å². The van der Waals surface area contributed by atoms with E-state index in [1.165, 1.54) is 11.8 Å². The molecule has 1 aliphatic rings. The van der Waals surface area contributed by atoms with Crippen molar-refractivity contribution >= 4 is 17.3 Å². The summed E-state index contributed by atoms with van der Waals surface area (Å²) in [5.74, 6) is -0.276. The third-order valence-electron chi connectivity index (χ3n) is 5.27. The summed E-state index contributed by atoms with van der Waals surface area (Å²) in [4.78, 5) is 17.3. The van der Waals surface area contributed by atoms with E-state index in [1.807, 2.05) is 25.1 Å². The molecule has 1 amide bonds. The maximum atomic E-state index is 13.9. The monoisotopic (exact) mass is 393 g/mol. The second kappa shape index (κ2) is 8.09. The molecule has 1 saturated heterocycles. The number of halogens is 1. The van der Waals surface area contributed by atoms with Gasteiger partial charge in [-0.3, -0.25) is 4.79 Å². The zero-order valence-electron chi connectivity index (χ0n) is 16.6. The minimum Gasteiger partial charge on any atom is -0.451 e. The number of carbonyl (C=O) groups excluding carboxylic acids is 1. The topological polar surface area (TPSA) is 48.7 Å². The van der Waals surface area contributed by atoms with Crippen LogP contribution in [-0.4, -0.2) is 44.0 Å². The molecular weight excluding hydrogens is 369 g/mol. The van der Waals surface area contributed by atoms with Crippen LogP contribution in [-0.2, 0) is 0 Å². The number of amides is 1. The highest BCUT2D eigenvalue weighted by molar-refractivity contribution is 6.02. The molecule has 0 unspecified atom stereocenters. The second-order valence-electron chi connectivity index (χ2n) is 7.39. The average Bonchev–Trinajstić information content (AvgIpc) is 3.19. The van der Waals surface area contributed by atoms with Gasteiger partial charge in [-0.25, -0.2) is 4.39 Å². The fraction of sp³-hybridized carbons (Fsp3) is 0.261. The standard InChI is InChI=1S/C23H24FN3O2/c1-16-15-17(7-8-20(16)27-13-11-26(2)12-14-27)25-23(28)22-10-9-21(29-22)18-5-3-4-6-19(18)24/h3-10,15H,11-14H2,1-2H3,(H,25,28). The fourth-order valence-corrected chi connectivity index (χ4v) is 3.59. The molecule has 0 bridgehead atoms. The van der Waals surface area contributed by atoms with Crippen molar-refractivity contribution in [1.29, 1.82) is 0 Å². The Kier molecular flexibility index (Phi) is 5.36. The summed E-state index contributed by atoms with van der Waals surface area (Å²) in [6, 6.07) is 15.4. The number of carbonyl (C=O) groups is 1. The number of hydrogen-bond donors (Lipinski definition) is 1. The van der Waals surface area contributed by atoms with Crippen molar-refractivity contribution in [1.82, 2.24) is 4.90 Å². The maximum Gasteiger partial charge on any atom is 0.291 e. The molecule has 1 aliphatic heterocycles. The lowest BCUT2D eigenvalue weighted by Crippen LogP contribution is -2.44. The van der Waals surface area contributed by atoms with Crippen molar-refractivity contribution in [2.24, 2.45) is 0 Å². The zero-order chi connectivity index (χ0) is 20.4. The molecule has 0 aliphatic carbocycles. The Morgan fingerprint density at radius 2 is 1.79 bits per heavy atom. The highest BCUT2D eigenvalue weighted by Gasteiger charge is 2.18. The molecule has 1 fully saturated rings. The maximum absolute atomic E-state index is 13.9. The van der Waals surface area contributed by atoms with Crippen molar-refractivity contribution < 1.29 is 13.6 Å². The van der Waals surface area contributed by atoms with Gasteiger partial charge in [-0.1, -0.05) is 12.1 Å². The van der Waals surface area contributed by atoms with Gasteiger partial charge in [0.2, 0.25) is 0 Å². The number of furan rings is 1. The lowest BCUT2D eigenvalue weighted by Gasteiger charge is -2.35. The van der Waals surface area contributed by atoms with Crippen LogP contribution in [0.3, 0.4) is 0 Å². The minimum absolute atomic E-state index is 0.143. The summed E-state index contributed by atoms with van der Waals surface area (Å²) >= 11 is 0. The number of benzene rings is 2. The molecule has 0 radical (unpaired) electrons. The smallest absolute Gasteiger partial charge is 0.291 e. The first-order valence-corrected chi connectivity index (χ1v) is 9.71. The van der Waals surface area contributed by atoms with Crippen LogP contribution in [0.15, 0.2) is 59.0 Å². The Balaban J connectivity index is 1.46. The Bertz CT molecular complexity index is 1020. The van der Waals surface area contributed by atoms with E-state index < -0.39 is 0 Å². The number of aryl methyl sites for hydroxylation is 1. The van der Waals surface area contributed by atoms with Gasteiger partial charge in [0, 0.05) is 37.6 Å². The molecule has 1 N–H and O–H groups in total. The molecule has 29 heavy (non-hydrogen) atoms. The van der Waals surface area contributed by atoms with Crippen LogP contribution in [0.5, 0.6) is 0 Å². The molecule has 0 spiro atoms. The third-order valence-corrected chi connectivity index (χ3v) is 5.27. The summed E-state index contributed by atoms with van der Waals surface area (Å²) in [5, 5.41) is 2.86. The number of piperazine rings is 1. The van der Waals surface area contributed by atoms with Crippen molar-refractivity contribution in [2.75, 3.05) is 43.4 Å². The van der Waals surface area contributed by atoms with Gasteiger partial charge < -0.3 is 19.5 Å². The Labute approximate surface area is 169 Å².